The number of aromatic hydroxyl groups is 1. The van der Waals surface area contributed by atoms with Gasteiger partial charge in [0, 0.05) is 0 Å². The molecule has 0 aliphatic heterocycles. The average molecular weight is 210 g/mol. The second-order valence-electron chi connectivity index (χ2n) is 3.99. The Labute approximate surface area is 90.9 Å². The number of hydrogen-bond donors (Lipinski definition) is 1. The highest BCUT2D eigenvalue weighted by Gasteiger charge is 2.11. The summed E-state index contributed by atoms with van der Waals surface area (Å²) in [6.07, 6.45) is 4.42. The van der Waals surface area contributed by atoms with Gasteiger partial charge in [0.25, 0.3) is 0 Å². The number of benzene rings is 1. The second kappa shape index (κ2) is 5.74. The largest absolute Gasteiger partial charge is 0.505 e. The topological polar surface area (TPSA) is 20.2 Å². The summed E-state index contributed by atoms with van der Waals surface area (Å²) in [6.45, 7) is 4.29. The summed E-state index contributed by atoms with van der Waals surface area (Å²) in [5.74, 6) is -0.318. The van der Waals surface area contributed by atoms with E-state index in [4.69, 9.17) is 0 Å². The molecule has 1 aromatic rings. The van der Waals surface area contributed by atoms with Crippen LogP contribution in [-0.2, 0) is 0 Å². The van der Waals surface area contributed by atoms with Crippen molar-refractivity contribution in [1.29, 1.82) is 0 Å². The van der Waals surface area contributed by atoms with Crippen molar-refractivity contribution < 1.29 is 9.50 Å². The SMILES string of the molecule is CCCC(CCC)c1ccc(F)c(O)c1. The number of phenols is 1. The molecule has 0 unspecified atom stereocenters. The molecule has 0 saturated carbocycles. The highest BCUT2D eigenvalue weighted by Crippen LogP contribution is 2.29. The normalized spacial score (nSPS) is 10.9. The lowest BCUT2D eigenvalue weighted by Gasteiger charge is -2.15. The molecule has 0 fully saturated rings. The summed E-state index contributed by atoms with van der Waals surface area (Å²) < 4.78 is 12.9. The van der Waals surface area contributed by atoms with Crippen molar-refractivity contribution in [2.75, 3.05) is 0 Å². The molecule has 1 aromatic carbocycles. The molecule has 84 valence electrons. The molecule has 1 rings (SSSR count). The van der Waals surface area contributed by atoms with Gasteiger partial charge in [-0.1, -0.05) is 32.8 Å². The third kappa shape index (κ3) is 3.22. The predicted octanol–water partition coefficient (Wildman–Crippen LogP) is 4.22. The maximum absolute atomic E-state index is 12.9. The molecule has 0 aromatic heterocycles. The van der Waals surface area contributed by atoms with Gasteiger partial charge < -0.3 is 5.11 Å². The minimum absolute atomic E-state index is 0.232. The van der Waals surface area contributed by atoms with Crippen LogP contribution in [0.2, 0.25) is 0 Å². The van der Waals surface area contributed by atoms with E-state index in [1.54, 1.807) is 12.1 Å². The van der Waals surface area contributed by atoms with Gasteiger partial charge in [-0.25, -0.2) is 4.39 Å². The molecule has 0 heterocycles. The van der Waals surface area contributed by atoms with Gasteiger partial charge in [-0.2, -0.15) is 0 Å². The predicted molar refractivity (Wildman–Crippen MR) is 60.6 cm³/mol. The number of phenolic OH excluding ortho intramolecular Hbond substituents is 1. The van der Waals surface area contributed by atoms with E-state index in [1.807, 2.05) is 0 Å². The average Bonchev–Trinajstić information content (AvgIpc) is 2.22. The molecule has 0 saturated heterocycles. The molecule has 1 N–H and O–H groups in total. The fourth-order valence-electron chi connectivity index (χ4n) is 1.96. The summed E-state index contributed by atoms with van der Waals surface area (Å²) in [6, 6.07) is 4.69. The highest BCUT2D eigenvalue weighted by atomic mass is 19.1. The quantitative estimate of drug-likeness (QED) is 0.771. The monoisotopic (exact) mass is 210 g/mol. The highest BCUT2D eigenvalue weighted by molar-refractivity contribution is 5.31. The Hall–Kier alpha value is -1.05. The first-order chi connectivity index (χ1) is 7.19. The van der Waals surface area contributed by atoms with Gasteiger partial charge in [-0.15, -0.1) is 0 Å². The van der Waals surface area contributed by atoms with Gasteiger partial charge in [-0.05, 0) is 36.5 Å². The molecule has 0 aliphatic carbocycles. The van der Waals surface area contributed by atoms with Gasteiger partial charge in [0.1, 0.15) is 0 Å². The van der Waals surface area contributed by atoms with Crippen LogP contribution in [0.1, 0.15) is 51.0 Å². The van der Waals surface area contributed by atoms with Crippen molar-refractivity contribution in [3.8, 4) is 5.75 Å². The van der Waals surface area contributed by atoms with Crippen LogP contribution in [0, 0.1) is 5.82 Å². The Kier molecular flexibility index (Phi) is 4.60. The van der Waals surface area contributed by atoms with E-state index in [9.17, 15) is 9.50 Å². The van der Waals surface area contributed by atoms with Gasteiger partial charge >= 0.3 is 0 Å². The zero-order valence-corrected chi connectivity index (χ0v) is 9.46. The van der Waals surface area contributed by atoms with E-state index >= 15 is 0 Å². The minimum Gasteiger partial charge on any atom is -0.505 e. The summed E-state index contributed by atoms with van der Waals surface area (Å²) in [5, 5.41) is 9.31. The van der Waals surface area contributed by atoms with Crippen molar-refractivity contribution >= 4 is 0 Å². The number of halogens is 1. The van der Waals surface area contributed by atoms with Crippen LogP contribution in [0.15, 0.2) is 18.2 Å². The van der Waals surface area contributed by atoms with E-state index in [0.29, 0.717) is 5.92 Å². The fourth-order valence-corrected chi connectivity index (χ4v) is 1.96. The Bertz CT molecular complexity index is 303. The summed E-state index contributed by atoms with van der Waals surface area (Å²) in [4.78, 5) is 0. The Morgan fingerprint density at radius 2 is 1.80 bits per heavy atom. The van der Waals surface area contributed by atoms with Gasteiger partial charge in [0.15, 0.2) is 11.6 Å². The van der Waals surface area contributed by atoms with Crippen molar-refractivity contribution in [3.05, 3.63) is 29.6 Å². The molecule has 0 spiro atoms. The molecule has 0 bridgehead atoms. The lowest BCUT2D eigenvalue weighted by Crippen LogP contribution is -1.98. The first kappa shape index (κ1) is 12.0. The molecule has 0 amide bonds. The summed E-state index contributed by atoms with van der Waals surface area (Å²) in [5.41, 5.74) is 1.05. The van der Waals surface area contributed by atoms with Crippen molar-refractivity contribution in [3.63, 3.8) is 0 Å². The van der Waals surface area contributed by atoms with Crippen LogP contribution in [0.4, 0.5) is 4.39 Å². The van der Waals surface area contributed by atoms with E-state index in [1.165, 1.54) is 6.07 Å². The maximum Gasteiger partial charge on any atom is 0.164 e. The van der Waals surface area contributed by atoms with Gasteiger partial charge in [0.05, 0.1) is 0 Å². The Balaban J connectivity index is 2.85. The zero-order valence-electron chi connectivity index (χ0n) is 9.46. The van der Waals surface area contributed by atoms with Crippen LogP contribution in [0.3, 0.4) is 0 Å². The maximum atomic E-state index is 12.9. The molecule has 0 radical (unpaired) electrons. The van der Waals surface area contributed by atoms with Crippen molar-refractivity contribution in [1.82, 2.24) is 0 Å². The standard InChI is InChI=1S/C13H19FO/c1-3-5-10(6-4-2)11-7-8-12(14)13(15)9-11/h7-10,15H,3-6H2,1-2H3. The first-order valence-electron chi connectivity index (χ1n) is 5.67. The number of hydrogen-bond acceptors (Lipinski definition) is 1. The van der Waals surface area contributed by atoms with Gasteiger partial charge in [-0.3, -0.25) is 0 Å². The first-order valence-corrected chi connectivity index (χ1v) is 5.67. The van der Waals surface area contributed by atoms with E-state index in [2.05, 4.69) is 13.8 Å². The van der Waals surface area contributed by atoms with Crippen molar-refractivity contribution in [2.24, 2.45) is 0 Å². The molecule has 0 atom stereocenters. The number of rotatable bonds is 5. The van der Waals surface area contributed by atoms with Crippen LogP contribution in [0.5, 0.6) is 5.75 Å². The Morgan fingerprint density at radius 3 is 2.27 bits per heavy atom. The van der Waals surface area contributed by atoms with Crippen LogP contribution >= 0.6 is 0 Å². The smallest absolute Gasteiger partial charge is 0.164 e. The molecule has 0 aliphatic rings. The van der Waals surface area contributed by atoms with Gasteiger partial charge in [0.2, 0.25) is 0 Å². The molecular weight excluding hydrogens is 191 g/mol. The Morgan fingerprint density at radius 1 is 1.20 bits per heavy atom. The zero-order chi connectivity index (χ0) is 11.3. The van der Waals surface area contributed by atoms with Crippen LogP contribution < -0.4 is 0 Å². The molecule has 2 heteroatoms. The van der Waals surface area contributed by atoms with Crippen LogP contribution in [0.25, 0.3) is 0 Å². The summed E-state index contributed by atoms with van der Waals surface area (Å²) in [7, 11) is 0. The molecule has 15 heavy (non-hydrogen) atoms. The summed E-state index contributed by atoms with van der Waals surface area (Å²) >= 11 is 0. The third-order valence-electron chi connectivity index (χ3n) is 2.72. The lowest BCUT2D eigenvalue weighted by atomic mass is 9.90. The minimum atomic E-state index is -0.537. The second-order valence-corrected chi connectivity index (χ2v) is 3.99. The third-order valence-corrected chi connectivity index (χ3v) is 2.72. The van der Waals surface area contributed by atoms with Crippen molar-refractivity contribution in [2.45, 2.75) is 45.4 Å². The van der Waals surface area contributed by atoms with E-state index in [-0.39, 0.29) is 5.75 Å². The molecular formula is C13H19FO. The van der Waals surface area contributed by atoms with E-state index in [0.717, 1.165) is 31.2 Å². The molecule has 1 nitrogen and oxygen atoms in total. The van der Waals surface area contributed by atoms with Crippen LogP contribution in [-0.4, -0.2) is 5.11 Å². The van der Waals surface area contributed by atoms with E-state index < -0.39 is 5.82 Å². The lowest BCUT2D eigenvalue weighted by molar-refractivity contribution is 0.429. The fraction of sp³-hybridized carbons (Fsp3) is 0.538.